The number of unbranched alkanes of at least 4 members (excludes halogenated alkanes) is 3. The summed E-state index contributed by atoms with van der Waals surface area (Å²) in [5.41, 5.74) is 2.72. The number of carboxylic acids is 1. The van der Waals surface area contributed by atoms with Gasteiger partial charge in [-0.05, 0) is 29.5 Å². The van der Waals surface area contributed by atoms with Crippen molar-refractivity contribution < 1.29 is 23.4 Å². The van der Waals surface area contributed by atoms with Crippen molar-refractivity contribution in [3.05, 3.63) is 71.3 Å². The van der Waals surface area contributed by atoms with Gasteiger partial charge >= 0.3 is 5.97 Å². The van der Waals surface area contributed by atoms with Crippen LogP contribution in [0.25, 0.3) is 0 Å². The van der Waals surface area contributed by atoms with Crippen molar-refractivity contribution in [2.45, 2.75) is 51.2 Å². The Morgan fingerprint density at radius 3 is 2.17 bits per heavy atom. The maximum absolute atomic E-state index is 12.1. The van der Waals surface area contributed by atoms with Gasteiger partial charge in [0.05, 0.1) is 12.4 Å². The van der Waals surface area contributed by atoms with Crippen LogP contribution in [0.4, 0.5) is 0 Å². The number of aliphatic hydroxyl groups excluding tert-OH is 1. The summed E-state index contributed by atoms with van der Waals surface area (Å²) < 4.78 is 25.7. The summed E-state index contributed by atoms with van der Waals surface area (Å²) in [7, 11) is -3.35. The standard InChI is InChI=1S/C23H31NO5S/c1-30(28,29)24(16-8-3-2-7-11-23(26)27)18-20-12-14-21(15-13-20)22(25)17-19-9-5-4-6-10-19/h4-6,9-10,12-15,22,25H,2-3,7-8,11,16-18H2,1H3,(H,26,27). The van der Waals surface area contributed by atoms with Crippen molar-refractivity contribution in [2.24, 2.45) is 0 Å². The Bertz CT molecular complexity index is 882. The number of hydrogen-bond donors (Lipinski definition) is 2. The summed E-state index contributed by atoms with van der Waals surface area (Å²) in [6, 6.07) is 17.2. The molecule has 0 spiro atoms. The van der Waals surface area contributed by atoms with E-state index in [9.17, 15) is 18.3 Å². The number of nitrogens with zero attached hydrogens (tertiary/aromatic N) is 1. The summed E-state index contributed by atoms with van der Waals surface area (Å²) in [5.74, 6) is -0.801. The average molecular weight is 434 g/mol. The number of aliphatic hydroxyl groups is 1. The van der Waals surface area contributed by atoms with Crippen LogP contribution >= 0.6 is 0 Å². The van der Waals surface area contributed by atoms with E-state index < -0.39 is 22.1 Å². The van der Waals surface area contributed by atoms with Gasteiger partial charge in [0.1, 0.15) is 0 Å². The van der Waals surface area contributed by atoms with Crippen LogP contribution in [0.1, 0.15) is 54.9 Å². The fraction of sp³-hybridized carbons (Fsp3) is 0.435. The van der Waals surface area contributed by atoms with Crippen LogP contribution in [0.15, 0.2) is 54.6 Å². The lowest BCUT2D eigenvalue weighted by molar-refractivity contribution is -0.137. The van der Waals surface area contributed by atoms with Crippen molar-refractivity contribution in [1.29, 1.82) is 0 Å². The Labute approximate surface area is 179 Å². The van der Waals surface area contributed by atoms with Crippen molar-refractivity contribution in [3.8, 4) is 0 Å². The van der Waals surface area contributed by atoms with Crippen LogP contribution in [-0.2, 0) is 27.8 Å². The lowest BCUT2D eigenvalue weighted by Gasteiger charge is -2.20. The number of sulfonamides is 1. The van der Waals surface area contributed by atoms with Crippen molar-refractivity contribution >= 4 is 16.0 Å². The minimum atomic E-state index is -3.35. The second-order valence-corrected chi connectivity index (χ2v) is 9.58. The second-order valence-electron chi connectivity index (χ2n) is 7.60. The molecule has 0 aliphatic heterocycles. The number of carbonyl (C=O) groups is 1. The predicted molar refractivity (Wildman–Crippen MR) is 118 cm³/mol. The number of carboxylic acid groups (broad SMARTS) is 1. The normalized spacial score (nSPS) is 12.8. The van der Waals surface area contributed by atoms with Gasteiger partial charge in [0.2, 0.25) is 10.0 Å². The molecule has 30 heavy (non-hydrogen) atoms. The van der Waals surface area contributed by atoms with Crippen LogP contribution in [-0.4, -0.2) is 41.7 Å². The lowest BCUT2D eigenvalue weighted by Crippen LogP contribution is -2.30. The van der Waals surface area contributed by atoms with Crippen molar-refractivity contribution in [3.63, 3.8) is 0 Å². The molecule has 0 aliphatic rings. The highest BCUT2D eigenvalue weighted by atomic mass is 32.2. The third-order valence-corrected chi connectivity index (χ3v) is 6.26. The third-order valence-electron chi connectivity index (χ3n) is 5.01. The number of benzene rings is 2. The summed E-state index contributed by atoms with van der Waals surface area (Å²) >= 11 is 0. The van der Waals surface area contributed by atoms with Crippen LogP contribution in [0.2, 0.25) is 0 Å². The molecular weight excluding hydrogens is 402 g/mol. The highest BCUT2D eigenvalue weighted by Gasteiger charge is 2.17. The first-order valence-electron chi connectivity index (χ1n) is 10.2. The Kier molecular flexibility index (Phi) is 9.49. The quantitative estimate of drug-likeness (QED) is 0.469. The minimum Gasteiger partial charge on any atom is -0.481 e. The Morgan fingerprint density at radius 1 is 0.933 bits per heavy atom. The molecule has 7 heteroatoms. The summed E-state index contributed by atoms with van der Waals surface area (Å²) in [4.78, 5) is 10.5. The third kappa shape index (κ3) is 8.65. The summed E-state index contributed by atoms with van der Waals surface area (Å²) in [5, 5.41) is 19.1. The van der Waals surface area contributed by atoms with Crippen molar-refractivity contribution in [1.82, 2.24) is 4.31 Å². The van der Waals surface area contributed by atoms with Crippen LogP contribution in [0.5, 0.6) is 0 Å². The van der Waals surface area contributed by atoms with E-state index in [0.29, 0.717) is 25.8 Å². The van der Waals surface area contributed by atoms with Gasteiger partial charge in [0.15, 0.2) is 0 Å². The molecule has 6 nitrogen and oxygen atoms in total. The van der Waals surface area contributed by atoms with E-state index in [0.717, 1.165) is 29.5 Å². The van der Waals surface area contributed by atoms with E-state index in [-0.39, 0.29) is 13.0 Å². The summed E-state index contributed by atoms with van der Waals surface area (Å²) in [6.45, 7) is 0.688. The van der Waals surface area contributed by atoms with E-state index in [1.807, 2.05) is 54.6 Å². The zero-order valence-corrected chi connectivity index (χ0v) is 18.2. The molecular formula is C23H31NO5S. The SMILES string of the molecule is CS(=O)(=O)N(CCCCCCC(=O)O)Cc1ccc(C(O)Cc2ccccc2)cc1. The first kappa shape index (κ1) is 24.1. The minimum absolute atomic E-state index is 0.151. The maximum atomic E-state index is 12.1. The van der Waals surface area contributed by atoms with E-state index >= 15 is 0 Å². The van der Waals surface area contributed by atoms with Gasteiger partial charge < -0.3 is 10.2 Å². The van der Waals surface area contributed by atoms with E-state index in [4.69, 9.17) is 5.11 Å². The second kappa shape index (κ2) is 11.8. The fourth-order valence-corrected chi connectivity index (χ4v) is 4.13. The topological polar surface area (TPSA) is 94.9 Å². The van der Waals surface area contributed by atoms with Crippen LogP contribution in [0.3, 0.4) is 0 Å². The maximum Gasteiger partial charge on any atom is 0.303 e. The van der Waals surface area contributed by atoms with Gasteiger partial charge in [-0.15, -0.1) is 0 Å². The first-order valence-corrected chi connectivity index (χ1v) is 12.1. The molecule has 1 unspecified atom stereocenters. The lowest BCUT2D eigenvalue weighted by atomic mass is 10.0. The molecule has 0 aromatic heterocycles. The van der Waals surface area contributed by atoms with E-state index in [1.165, 1.54) is 10.6 Å². The molecule has 0 saturated carbocycles. The summed E-state index contributed by atoms with van der Waals surface area (Å²) in [6.07, 6.45) is 4.15. The van der Waals surface area contributed by atoms with Gasteiger partial charge in [0.25, 0.3) is 0 Å². The molecule has 2 aromatic rings. The zero-order valence-electron chi connectivity index (χ0n) is 17.4. The smallest absolute Gasteiger partial charge is 0.303 e. The molecule has 0 amide bonds. The molecule has 2 rings (SSSR count). The Morgan fingerprint density at radius 2 is 1.57 bits per heavy atom. The number of hydrogen-bond acceptors (Lipinski definition) is 4. The van der Waals surface area contributed by atoms with Crippen LogP contribution < -0.4 is 0 Å². The zero-order chi connectivity index (χ0) is 22.0. The van der Waals surface area contributed by atoms with E-state index in [1.54, 1.807) is 0 Å². The monoisotopic (exact) mass is 433 g/mol. The molecule has 1 atom stereocenters. The molecule has 2 N–H and O–H groups in total. The van der Waals surface area contributed by atoms with Gasteiger partial charge in [-0.1, -0.05) is 67.4 Å². The number of aliphatic carboxylic acids is 1. The van der Waals surface area contributed by atoms with Gasteiger partial charge in [-0.3, -0.25) is 4.79 Å². The molecule has 164 valence electrons. The largest absolute Gasteiger partial charge is 0.481 e. The first-order chi connectivity index (χ1) is 14.3. The fourth-order valence-electron chi connectivity index (χ4n) is 3.28. The molecule has 2 aromatic carbocycles. The Hall–Kier alpha value is -2.22. The highest BCUT2D eigenvalue weighted by Crippen LogP contribution is 2.20. The van der Waals surface area contributed by atoms with Gasteiger partial charge in [0, 0.05) is 25.9 Å². The van der Waals surface area contributed by atoms with E-state index in [2.05, 4.69) is 0 Å². The highest BCUT2D eigenvalue weighted by molar-refractivity contribution is 7.88. The molecule has 0 heterocycles. The Balaban J connectivity index is 1.89. The predicted octanol–water partition coefficient (Wildman–Crippen LogP) is 3.76. The van der Waals surface area contributed by atoms with Gasteiger partial charge in [-0.25, -0.2) is 8.42 Å². The number of rotatable bonds is 13. The van der Waals surface area contributed by atoms with Crippen molar-refractivity contribution in [2.75, 3.05) is 12.8 Å². The van der Waals surface area contributed by atoms with Crippen LogP contribution in [0, 0.1) is 0 Å². The van der Waals surface area contributed by atoms with Gasteiger partial charge in [-0.2, -0.15) is 4.31 Å². The molecule has 0 radical (unpaired) electrons. The molecule has 0 fully saturated rings. The molecule has 0 aliphatic carbocycles. The average Bonchev–Trinajstić information content (AvgIpc) is 2.70. The molecule has 0 saturated heterocycles. The molecule has 0 bridgehead atoms.